The van der Waals surface area contributed by atoms with Gasteiger partial charge < -0.3 is 0 Å². The van der Waals surface area contributed by atoms with Crippen molar-refractivity contribution in [2.45, 2.75) is 25.7 Å². The Morgan fingerprint density at radius 1 is 1.12 bits per heavy atom. The van der Waals surface area contributed by atoms with Gasteiger partial charge in [-0.05, 0) is 49.1 Å². The third-order valence-electron chi connectivity index (χ3n) is 4.64. The van der Waals surface area contributed by atoms with E-state index in [1.54, 1.807) is 6.20 Å². The number of rotatable bonds is 2. The summed E-state index contributed by atoms with van der Waals surface area (Å²) in [5, 5.41) is 5.17. The van der Waals surface area contributed by atoms with Crippen LogP contribution in [0.1, 0.15) is 39.5 Å². The van der Waals surface area contributed by atoms with E-state index in [1.807, 2.05) is 41.1 Å². The summed E-state index contributed by atoms with van der Waals surface area (Å²) in [5.74, 6) is 0.296. The molecule has 0 bridgehead atoms. The molecule has 4 heteroatoms. The third-order valence-corrected chi connectivity index (χ3v) is 4.87. The van der Waals surface area contributed by atoms with Gasteiger partial charge in [-0.25, -0.2) is 4.68 Å². The first-order valence-corrected chi connectivity index (χ1v) is 8.42. The van der Waals surface area contributed by atoms with Gasteiger partial charge in [0.05, 0.1) is 23.1 Å². The van der Waals surface area contributed by atoms with Crippen LogP contribution in [0.5, 0.6) is 0 Å². The predicted molar refractivity (Wildman–Crippen MR) is 95.1 cm³/mol. The smallest absolute Gasteiger partial charge is 0.166 e. The highest BCUT2D eigenvalue weighted by atomic mass is 35.5. The summed E-state index contributed by atoms with van der Waals surface area (Å²) in [5.41, 5.74) is 5.03. The van der Waals surface area contributed by atoms with Crippen molar-refractivity contribution in [3.05, 3.63) is 82.1 Å². The molecule has 1 aromatic heterocycles. The minimum atomic E-state index is 0.143. The van der Waals surface area contributed by atoms with Gasteiger partial charge >= 0.3 is 0 Å². The molecule has 0 saturated carbocycles. The van der Waals surface area contributed by atoms with Crippen LogP contribution in [0, 0.1) is 6.92 Å². The fourth-order valence-electron chi connectivity index (χ4n) is 3.35. The maximum atomic E-state index is 12.6. The molecule has 4 rings (SSSR count). The number of carbonyl (C=O) groups excluding carboxylic acids is 1. The standard InChI is InChI=1S/C20H17ClN2O/c1-13-5-7-17(8-6-13)23-19-10-15(11-20(24)18(19)12-22-23)14-3-2-4-16(21)9-14/h2-9,12,15H,10-11H2,1H3/t15-/m1/s1. The summed E-state index contributed by atoms with van der Waals surface area (Å²) in [7, 11) is 0. The fourth-order valence-corrected chi connectivity index (χ4v) is 3.55. The van der Waals surface area contributed by atoms with Gasteiger partial charge in [-0.3, -0.25) is 4.79 Å². The SMILES string of the molecule is Cc1ccc(-n2ncc3c2C[C@@H](c2cccc(Cl)c2)CC3=O)cc1. The Kier molecular flexibility index (Phi) is 3.73. The lowest BCUT2D eigenvalue weighted by atomic mass is 9.82. The molecule has 0 amide bonds. The minimum Gasteiger partial charge on any atom is -0.294 e. The number of carbonyl (C=O) groups is 1. The van der Waals surface area contributed by atoms with Gasteiger partial charge in [0.25, 0.3) is 0 Å². The zero-order valence-electron chi connectivity index (χ0n) is 13.4. The molecule has 1 aliphatic carbocycles. The molecule has 1 aliphatic rings. The second kappa shape index (κ2) is 5.91. The van der Waals surface area contributed by atoms with Gasteiger partial charge in [-0.2, -0.15) is 5.10 Å². The summed E-state index contributed by atoms with van der Waals surface area (Å²) < 4.78 is 1.89. The van der Waals surface area contributed by atoms with Crippen LogP contribution in [0.4, 0.5) is 0 Å². The number of hydrogen-bond acceptors (Lipinski definition) is 2. The predicted octanol–water partition coefficient (Wildman–Crippen LogP) is 4.75. The Balaban J connectivity index is 1.75. The lowest BCUT2D eigenvalue weighted by molar-refractivity contribution is 0.0963. The number of nitrogens with zero attached hydrogens (tertiary/aromatic N) is 2. The molecule has 0 N–H and O–H groups in total. The molecule has 0 saturated heterocycles. The molecule has 3 nitrogen and oxygen atoms in total. The van der Waals surface area contributed by atoms with E-state index < -0.39 is 0 Å². The molecule has 1 atom stereocenters. The van der Waals surface area contributed by atoms with E-state index in [-0.39, 0.29) is 11.7 Å². The molecule has 0 radical (unpaired) electrons. The fraction of sp³-hybridized carbons (Fsp3) is 0.200. The Morgan fingerprint density at radius 3 is 2.67 bits per heavy atom. The second-order valence-corrected chi connectivity index (χ2v) is 6.77. The third kappa shape index (κ3) is 2.65. The van der Waals surface area contributed by atoms with Crippen molar-refractivity contribution in [3.8, 4) is 5.69 Å². The molecule has 0 spiro atoms. The molecular weight excluding hydrogens is 320 g/mol. The average molecular weight is 337 g/mol. The number of ketones is 1. The monoisotopic (exact) mass is 336 g/mol. The van der Waals surface area contributed by atoms with Gasteiger partial charge in [0.2, 0.25) is 0 Å². The summed E-state index contributed by atoms with van der Waals surface area (Å²) in [4.78, 5) is 12.6. The number of Topliss-reactive ketones (excluding diaryl/α,β-unsaturated/α-hetero) is 1. The highest BCUT2D eigenvalue weighted by Crippen LogP contribution is 2.34. The number of halogens is 1. The number of benzene rings is 2. The lowest BCUT2D eigenvalue weighted by Gasteiger charge is -2.23. The largest absolute Gasteiger partial charge is 0.294 e. The number of aryl methyl sites for hydroxylation is 1. The number of hydrogen-bond donors (Lipinski definition) is 0. The molecule has 3 aromatic rings. The topological polar surface area (TPSA) is 34.9 Å². The molecule has 0 aliphatic heterocycles. The van der Waals surface area contributed by atoms with Gasteiger partial charge in [-0.1, -0.05) is 41.4 Å². The van der Waals surface area contributed by atoms with Gasteiger partial charge in [0.1, 0.15) is 0 Å². The quantitative estimate of drug-likeness (QED) is 0.677. The summed E-state index contributed by atoms with van der Waals surface area (Å²) in [6.07, 6.45) is 2.99. The van der Waals surface area contributed by atoms with Crippen LogP contribution in [0.3, 0.4) is 0 Å². The van der Waals surface area contributed by atoms with Crippen molar-refractivity contribution < 1.29 is 4.79 Å². The highest BCUT2D eigenvalue weighted by Gasteiger charge is 2.30. The van der Waals surface area contributed by atoms with Crippen molar-refractivity contribution >= 4 is 17.4 Å². The van der Waals surface area contributed by atoms with Crippen molar-refractivity contribution in [2.24, 2.45) is 0 Å². The molecule has 0 unspecified atom stereocenters. The Labute approximate surface area is 145 Å². The number of aromatic nitrogens is 2. The van der Waals surface area contributed by atoms with Crippen LogP contribution in [0.2, 0.25) is 5.02 Å². The van der Waals surface area contributed by atoms with Gasteiger partial charge in [0.15, 0.2) is 5.78 Å². The summed E-state index contributed by atoms with van der Waals surface area (Å²) >= 11 is 6.12. The van der Waals surface area contributed by atoms with Crippen molar-refractivity contribution in [3.63, 3.8) is 0 Å². The first-order chi connectivity index (χ1) is 11.6. The summed E-state index contributed by atoms with van der Waals surface area (Å²) in [6, 6.07) is 16.0. The van der Waals surface area contributed by atoms with E-state index >= 15 is 0 Å². The molecule has 0 fully saturated rings. The van der Waals surface area contributed by atoms with Crippen molar-refractivity contribution in [2.75, 3.05) is 0 Å². The lowest BCUT2D eigenvalue weighted by Crippen LogP contribution is -2.20. The van der Waals surface area contributed by atoms with Crippen LogP contribution in [0.15, 0.2) is 54.7 Å². The van der Waals surface area contributed by atoms with Crippen LogP contribution < -0.4 is 0 Å². The van der Waals surface area contributed by atoms with E-state index in [0.29, 0.717) is 11.4 Å². The highest BCUT2D eigenvalue weighted by molar-refractivity contribution is 6.30. The molecule has 24 heavy (non-hydrogen) atoms. The zero-order chi connectivity index (χ0) is 16.7. The van der Waals surface area contributed by atoms with E-state index in [0.717, 1.165) is 28.9 Å². The Bertz CT molecular complexity index is 912. The van der Waals surface area contributed by atoms with Crippen molar-refractivity contribution in [1.29, 1.82) is 0 Å². The molecule has 120 valence electrons. The maximum Gasteiger partial charge on any atom is 0.166 e. The van der Waals surface area contributed by atoms with Crippen LogP contribution in [0.25, 0.3) is 5.69 Å². The maximum absolute atomic E-state index is 12.6. The molecular formula is C20H17ClN2O. The van der Waals surface area contributed by atoms with E-state index in [2.05, 4.69) is 24.2 Å². The Hall–Kier alpha value is -2.39. The van der Waals surface area contributed by atoms with Crippen molar-refractivity contribution in [1.82, 2.24) is 9.78 Å². The van der Waals surface area contributed by atoms with Crippen LogP contribution in [-0.2, 0) is 6.42 Å². The van der Waals surface area contributed by atoms with Gasteiger partial charge in [-0.15, -0.1) is 0 Å². The second-order valence-electron chi connectivity index (χ2n) is 6.34. The van der Waals surface area contributed by atoms with Crippen LogP contribution >= 0.6 is 11.6 Å². The summed E-state index contributed by atoms with van der Waals surface area (Å²) in [6.45, 7) is 2.06. The normalized spacial score (nSPS) is 16.9. The van der Waals surface area contributed by atoms with E-state index in [1.165, 1.54) is 5.56 Å². The minimum absolute atomic E-state index is 0.143. The zero-order valence-corrected chi connectivity index (χ0v) is 14.1. The van der Waals surface area contributed by atoms with E-state index in [9.17, 15) is 4.79 Å². The van der Waals surface area contributed by atoms with Gasteiger partial charge in [0, 0.05) is 11.4 Å². The molecule has 2 aromatic carbocycles. The number of fused-ring (bicyclic) bond motifs is 1. The van der Waals surface area contributed by atoms with Crippen LogP contribution in [-0.4, -0.2) is 15.6 Å². The first kappa shape index (κ1) is 15.2. The first-order valence-electron chi connectivity index (χ1n) is 8.04. The Morgan fingerprint density at radius 2 is 1.92 bits per heavy atom. The molecule has 1 heterocycles. The average Bonchev–Trinajstić information content (AvgIpc) is 3.00. The van der Waals surface area contributed by atoms with E-state index in [4.69, 9.17) is 11.6 Å².